The maximum Gasteiger partial charge on any atom is 0.0897 e. The highest BCUT2D eigenvalue weighted by atomic mass is 32.1. The summed E-state index contributed by atoms with van der Waals surface area (Å²) in [6.45, 7) is 10.4. The van der Waals surface area contributed by atoms with Crippen molar-refractivity contribution in [1.82, 2.24) is 10.3 Å². The van der Waals surface area contributed by atoms with Gasteiger partial charge in [0.15, 0.2) is 0 Å². The Hall–Kier alpha value is -0.410. The Balaban J connectivity index is 2.07. The molecule has 1 fully saturated rings. The van der Waals surface area contributed by atoms with Crippen LogP contribution in [0.4, 0.5) is 0 Å². The van der Waals surface area contributed by atoms with Gasteiger partial charge in [0.25, 0.3) is 0 Å². The largest absolute Gasteiger partial charge is 0.313 e. The molecular weight excluding hydrogens is 252 g/mol. The molecule has 1 aliphatic rings. The SMILES string of the molecule is CCCNC(Cc1csc(C)n1)C1CCCC1(C)C. The van der Waals surface area contributed by atoms with E-state index in [-0.39, 0.29) is 0 Å². The Morgan fingerprint density at radius 1 is 1.53 bits per heavy atom. The fourth-order valence-electron chi connectivity index (χ4n) is 3.51. The van der Waals surface area contributed by atoms with Crippen LogP contribution in [0.15, 0.2) is 5.38 Å². The van der Waals surface area contributed by atoms with Gasteiger partial charge >= 0.3 is 0 Å². The van der Waals surface area contributed by atoms with Crippen LogP contribution in [-0.4, -0.2) is 17.6 Å². The zero-order valence-corrected chi connectivity index (χ0v) is 13.6. The Morgan fingerprint density at radius 3 is 2.84 bits per heavy atom. The number of thiazole rings is 1. The molecule has 1 saturated carbocycles. The van der Waals surface area contributed by atoms with Gasteiger partial charge in [0.05, 0.1) is 10.7 Å². The lowest BCUT2D eigenvalue weighted by molar-refractivity contribution is 0.195. The van der Waals surface area contributed by atoms with Crippen molar-refractivity contribution in [2.45, 2.75) is 65.8 Å². The van der Waals surface area contributed by atoms with Crippen LogP contribution in [0.25, 0.3) is 0 Å². The first-order valence-electron chi connectivity index (χ1n) is 7.67. The normalized spacial score (nSPS) is 23.7. The third-order valence-electron chi connectivity index (χ3n) is 4.58. The molecule has 2 nitrogen and oxygen atoms in total. The number of aryl methyl sites for hydroxylation is 1. The van der Waals surface area contributed by atoms with Crippen molar-refractivity contribution in [3.8, 4) is 0 Å². The third kappa shape index (κ3) is 3.79. The number of hydrogen-bond acceptors (Lipinski definition) is 3. The van der Waals surface area contributed by atoms with E-state index in [2.05, 4.69) is 43.4 Å². The van der Waals surface area contributed by atoms with E-state index in [9.17, 15) is 0 Å². The summed E-state index contributed by atoms with van der Waals surface area (Å²) in [5.74, 6) is 0.793. The summed E-state index contributed by atoms with van der Waals surface area (Å²) < 4.78 is 0. The molecule has 0 amide bonds. The molecule has 19 heavy (non-hydrogen) atoms. The first-order valence-corrected chi connectivity index (χ1v) is 8.55. The van der Waals surface area contributed by atoms with E-state index in [1.165, 1.54) is 36.4 Å². The van der Waals surface area contributed by atoms with E-state index in [1.807, 2.05) is 0 Å². The third-order valence-corrected chi connectivity index (χ3v) is 5.40. The Kier molecular flexibility index (Phi) is 5.02. The second-order valence-corrected chi connectivity index (χ2v) is 7.67. The van der Waals surface area contributed by atoms with Gasteiger partial charge in [-0.05, 0) is 44.1 Å². The number of rotatable bonds is 6. The van der Waals surface area contributed by atoms with Crippen molar-refractivity contribution in [3.05, 3.63) is 16.1 Å². The van der Waals surface area contributed by atoms with Gasteiger partial charge in [0.1, 0.15) is 0 Å². The van der Waals surface area contributed by atoms with Crippen LogP contribution >= 0.6 is 11.3 Å². The van der Waals surface area contributed by atoms with E-state index < -0.39 is 0 Å². The van der Waals surface area contributed by atoms with Gasteiger partial charge in [-0.25, -0.2) is 4.98 Å². The van der Waals surface area contributed by atoms with Gasteiger partial charge in [0, 0.05) is 17.8 Å². The smallest absolute Gasteiger partial charge is 0.0897 e. The van der Waals surface area contributed by atoms with Gasteiger partial charge < -0.3 is 5.32 Å². The fourth-order valence-corrected chi connectivity index (χ4v) is 4.14. The van der Waals surface area contributed by atoms with Gasteiger partial charge in [-0.15, -0.1) is 11.3 Å². The first kappa shape index (κ1) is 15.0. The summed E-state index contributed by atoms with van der Waals surface area (Å²) >= 11 is 1.77. The lowest BCUT2D eigenvalue weighted by Gasteiger charge is -2.34. The molecule has 2 unspecified atom stereocenters. The van der Waals surface area contributed by atoms with Crippen LogP contribution < -0.4 is 5.32 Å². The highest BCUT2D eigenvalue weighted by Crippen LogP contribution is 2.44. The fraction of sp³-hybridized carbons (Fsp3) is 0.812. The van der Waals surface area contributed by atoms with E-state index in [4.69, 9.17) is 0 Å². The summed E-state index contributed by atoms with van der Waals surface area (Å²) in [7, 11) is 0. The maximum atomic E-state index is 4.66. The molecular formula is C16H28N2S. The van der Waals surface area contributed by atoms with Crippen LogP contribution in [0.5, 0.6) is 0 Å². The van der Waals surface area contributed by atoms with E-state index in [1.54, 1.807) is 11.3 Å². The van der Waals surface area contributed by atoms with Crippen LogP contribution in [-0.2, 0) is 6.42 Å². The summed E-state index contributed by atoms with van der Waals surface area (Å²) in [4.78, 5) is 4.66. The van der Waals surface area contributed by atoms with Gasteiger partial charge in [-0.2, -0.15) is 0 Å². The Labute approximate surface area is 122 Å². The minimum absolute atomic E-state index is 0.483. The predicted octanol–water partition coefficient (Wildman–Crippen LogP) is 4.19. The topological polar surface area (TPSA) is 24.9 Å². The lowest BCUT2D eigenvalue weighted by Crippen LogP contribution is -2.42. The summed E-state index contributed by atoms with van der Waals surface area (Å²) in [6.07, 6.45) is 6.44. The van der Waals surface area contributed by atoms with E-state index in [0.717, 1.165) is 18.9 Å². The first-order chi connectivity index (χ1) is 9.03. The summed E-state index contributed by atoms with van der Waals surface area (Å²) in [5.41, 5.74) is 1.76. The van der Waals surface area contributed by atoms with Crippen molar-refractivity contribution in [2.24, 2.45) is 11.3 Å². The standard InChI is InChI=1S/C16H28N2S/c1-5-9-17-15(10-13-11-19-12(2)18-13)14-7-6-8-16(14,3)4/h11,14-15,17H,5-10H2,1-4H3. The van der Waals surface area contributed by atoms with E-state index >= 15 is 0 Å². The Morgan fingerprint density at radius 2 is 2.32 bits per heavy atom. The van der Waals surface area contributed by atoms with E-state index in [0.29, 0.717) is 11.5 Å². The van der Waals surface area contributed by atoms with Crippen molar-refractivity contribution < 1.29 is 0 Å². The molecule has 3 heteroatoms. The lowest BCUT2D eigenvalue weighted by atomic mass is 9.76. The molecule has 2 rings (SSSR count). The van der Waals surface area contributed by atoms with Crippen LogP contribution in [0.3, 0.4) is 0 Å². The summed E-state index contributed by atoms with van der Waals surface area (Å²) in [6, 6.07) is 0.596. The molecule has 1 aliphatic carbocycles. The molecule has 0 radical (unpaired) electrons. The second-order valence-electron chi connectivity index (χ2n) is 6.61. The molecule has 108 valence electrons. The molecule has 1 aromatic rings. The highest BCUT2D eigenvalue weighted by molar-refractivity contribution is 7.09. The van der Waals surface area contributed by atoms with Gasteiger partial charge in [-0.3, -0.25) is 0 Å². The highest BCUT2D eigenvalue weighted by Gasteiger charge is 2.39. The van der Waals surface area contributed by atoms with Crippen molar-refractivity contribution >= 4 is 11.3 Å². The zero-order valence-electron chi connectivity index (χ0n) is 12.8. The molecule has 1 heterocycles. The minimum Gasteiger partial charge on any atom is -0.313 e. The molecule has 0 bridgehead atoms. The van der Waals surface area contributed by atoms with Crippen LogP contribution in [0.1, 0.15) is 57.2 Å². The zero-order chi connectivity index (χ0) is 13.9. The number of nitrogens with zero attached hydrogens (tertiary/aromatic N) is 1. The number of nitrogens with one attached hydrogen (secondary N) is 1. The monoisotopic (exact) mass is 280 g/mol. The maximum absolute atomic E-state index is 4.66. The predicted molar refractivity (Wildman–Crippen MR) is 83.8 cm³/mol. The number of hydrogen-bond donors (Lipinski definition) is 1. The van der Waals surface area contributed by atoms with Crippen LogP contribution in [0, 0.1) is 18.3 Å². The second kappa shape index (κ2) is 6.36. The van der Waals surface area contributed by atoms with Crippen molar-refractivity contribution in [2.75, 3.05) is 6.54 Å². The summed E-state index contributed by atoms with van der Waals surface area (Å²) in [5, 5.41) is 7.21. The van der Waals surface area contributed by atoms with Crippen LogP contribution in [0.2, 0.25) is 0 Å². The molecule has 1 aromatic heterocycles. The molecule has 2 atom stereocenters. The molecule has 1 N–H and O–H groups in total. The Bertz CT molecular complexity index is 397. The quantitative estimate of drug-likeness (QED) is 0.845. The van der Waals surface area contributed by atoms with Crippen molar-refractivity contribution in [1.29, 1.82) is 0 Å². The molecule has 0 saturated heterocycles. The molecule has 0 spiro atoms. The molecule has 0 aliphatic heterocycles. The molecule has 0 aromatic carbocycles. The number of aromatic nitrogens is 1. The average molecular weight is 280 g/mol. The average Bonchev–Trinajstić information content (AvgIpc) is 2.90. The van der Waals surface area contributed by atoms with Crippen molar-refractivity contribution in [3.63, 3.8) is 0 Å². The minimum atomic E-state index is 0.483. The van der Waals surface area contributed by atoms with Gasteiger partial charge in [-0.1, -0.05) is 27.2 Å². The van der Waals surface area contributed by atoms with Gasteiger partial charge in [0.2, 0.25) is 0 Å².